The molecule has 0 saturated heterocycles. The van der Waals surface area contributed by atoms with Crippen molar-refractivity contribution in [3.8, 4) is 0 Å². The molecule has 0 radical (unpaired) electrons. The summed E-state index contributed by atoms with van der Waals surface area (Å²) in [5.74, 6) is -1.13. The van der Waals surface area contributed by atoms with Gasteiger partial charge in [-0.2, -0.15) is 0 Å². The van der Waals surface area contributed by atoms with Crippen molar-refractivity contribution < 1.29 is 23.4 Å². The third-order valence-electron chi connectivity index (χ3n) is 2.15. The van der Waals surface area contributed by atoms with E-state index in [0.717, 1.165) is 4.90 Å². The largest absolute Gasteiger partial charge is 0.395 e. The second-order valence-electron chi connectivity index (χ2n) is 3.33. The van der Waals surface area contributed by atoms with Crippen molar-refractivity contribution in [2.45, 2.75) is 13.0 Å². The third kappa shape index (κ3) is 3.57. The summed E-state index contributed by atoms with van der Waals surface area (Å²) in [6.07, 6.45) is -1.44. The number of rotatable bonds is 6. The molecule has 1 rings (SSSR count). The van der Waals surface area contributed by atoms with Crippen LogP contribution in [-0.2, 0) is 6.61 Å². The smallest absolute Gasteiger partial charge is 0.255 e. The molecule has 0 saturated carbocycles. The van der Waals surface area contributed by atoms with Crippen LogP contribution in [0.2, 0.25) is 0 Å². The van der Waals surface area contributed by atoms with E-state index in [1.165, 1.54) is 12.3 Å². The molecule has 0 aliphatic heterocycles. The Morgan fingerprint density at radius 3 is 2.59 bits per heavy atom. The van der Waals surface area contributed by atoms with Gasteiger partial charge < -0.3 is 15.1 Å². The van der Waals surface area contributed by atoms with Crippen LogP contribution in [0.4, 0.5) is 19.0 Å². The number of anilines is 1. The summed E-state index contributed by atoms with van der Waals surface area (Å²) in [7, 11) is 0. The Morgan fingerprint density at radius 2 is 2.06 bits per heavy atom. The molecular weight excluding hydrogens is 237 g/mol. The minimum absolute atomic E-state index is 0.0211. The highest BCUT2D eigenvalue weighted by atomic mass is 19.3. The molecule has 96 valence electrons. The molecule has 2 N–H and O–H groups in total. The van der Waals surface area contributed by atoms with Crippen LogP contribution in [0.25, 0.3) is 0 Å². The average molecular weight is 250 g/mol. The van der Waals surface area contributed by atoms with Gasteiger partial charge in [0, 0.05) is 18.3 Å². The first-order valence-electron chi connectivity index (χ1n) is 4.98. The first kappa shape index (κ1) is 13.7. The molecule has 0 fully saturated rings. The van der Waals surface area contributed by atoms with Gasteiger partial charge in [0.2, 0.25) is 0 Å². The Morgan fingerprint density at radius 1 is 1.35 bits per heavy atom. The molecule has 0 aliphatic carbocycles. The standard InChI is InChI=1S/C10H13F3N2O2/c11-8(12)5-15(3-4-16)10-9(13)7(6-17)1-2-14-10/h1-2,8,16-17H,3-6H2. The Balaban J connectivity index is 3.00. The first-order chi connectivity index (χ1) is 8.10. The normalized spacial score (nSPS) is 10.9. The maximum Gasteiger partial charge on any atom is 0.255 e. The second kappa shape index (κ2) is 6.41. The number of hydrogen-bond acceptors (Lipinski definition) is 4. The van der Waals surface area contributed by atoms with E-state index in [-0.39, 0.29) is 17.9 Å². The van der Waals surface area contributed by atoms with E-state index in [2.05, 4.69) is 4.98 Å². The molecule has 1 aromatic rings. The number of aliphatic hydroxyl groups is 2. The zero-order valence-corrected chi connectivity index (χ0v) is 8.98. The predicted molar refractivity (Wildman–Crippen MR) is 55.4 cm³/mol. The molecule has 0 amide bonds. The van der Waals surface area contributed by atoms with Gasteiger partial charge in [-0.1, -0.05) is 0 Å². The van der Waals surface area contributed by atoms with Crippen LogP contribution < -0.4 is 4.90 Å². The van der Waals surface area contributed by atoms with Crippen LogP contribution in [0.5, 0.6) is 0 Å². The monoisotopic (exact) mass is 250 g/mol. The maximum absolute atomic E-state index is 13.7. The van der Waals surface area contributed by atoms with Gasteiger partial charge in [-0.3, -0.25) is 0 Å². The maximum atomic E-state index is 13.7. The lowest BCUT2D eigenvalue weighted by Crippen LogP contribution is -2.33. The fourth-order valence-corrected chi connectivity index (χ4v) is 1.38. The molecule has 1 heterocycles. The Labute approximate surface area is 96.3 Å². The van der Waals surface area contributed by atoms with Gasteiger partial charge in [0.15, 0.2) is 11.6 Å². The molecule has 0 aliphatic rings. The summed E-state index contributed by atoms with van der Waals surface area (Å²) in [6, 6.07) is 1.26. The Kier molecular flexibility index (Phi) is 5.17. The summed E-state index contributed by atoms with van der Waals surface area (Å²) in [6.45, 7) is -1.80. The number of aliphatic hydroxyl groups excluding tert-OH is 2. The highest BCUT2D eigenvalue weighted by molar-refractivity contribution is 5.43. The summed E-state index contributed by atoms with van der Waals surface area (Å²) in [5.41, 5.74) is -0.0211. The summed E-state index contributed by atoms with van der Waals surface area (Å²) in [4.78, 5) is 4.60. The van der Waals surface area contributed by atoms with Crippen LogP contribution >= 0.6 is 0 Å². The fraction of sp³-hybridized carbons (Fsp3) is 0.500. The Hall–Kier alpha value is -1.34. The van der Waals surface area contributed by atoms with Crippen LogP contribution in [0, 0.1) is 5.82 Å². The SMILES string of the molecule is OCCN(CC(F)F)c1nccc(CO)c1F. The molecule has 4 nitrogen and oxygen atoms in total. The molecule has 0 atom stereocenters. The summed E-state index contributed by atoms with van der Waals surface area (Å²) >= 11 is 0. The minimum atomic E-state index is -2.67. The zero-order chi connectivity index (χ0) is 12.8. The van der Waals surface area contributed by atoms with E-state index < -0.39 is 32.0 Å². The number of hydrogen-bond donors (Lipinski definition) is 2. The number of nitrogens with zero attached hydrogens (tertiary/aromatic N) is 2. The van der Waals surface area contributed by atoms with E-state index in [9.17, 15) is 13.2 Å². The van der Waals surface area contributed by atoms with Crippen LogP contribution in [0.3, 0.4) is 0 Å². The van der Waals surface area contributed by atoms with Crippen molar-refractivity contribution in [2.24, 2.45) is 0 Å². The third-order valence-corrected chi connectivity index (χ3v) is 2.15. The molecule has 7 heteroatoms. The van der Waals surface area contributed by atoms with E-state index in [1.807, 2.05) is 0 Å². The molecule has 17 heavy (non-hydrogen) atoms. The minimum Gasteiger partial charge on any atom is -0.395 e. The van der Waals surface area contributed by atoms with Crippen molar-refractivity contribution >= 4 is 5.82 Å². The highest BCUT2D eigenvalue weighted by Gasteiger charge is 2.18. The van der Waals surface area contributed by atoms with E-state index in [1.54, 1.807) is 0 Å². The highest BCUT2D eigenvalue weighted by Crippen LogP contribution is 2.20. The molecule has 0 bridgehead atoms. The lowest BCUT2D eigenvalue weighted by atomic mass is 10.2. The van der Waals surface area contributed by atoms with Gasteiger partial charge >= 0.3 is 0 Å². The molecule has 0 spiro atoms. The lowest BCUT2D eigenvalue weighted by molar-refractivity contribution is 0.152. The zero-order valence-electron chi connectivity index (χ0n) is 8.98. The molecular formula is C10H13F3N2O2. The quantitative estimate of drug-likeness (QED) is 0.783. The average Bonchev–Trinajstić information content (AvgIpc) is 2.28. The molecule has 0 aromatic carbocycles. The van der Waals surface area contributed by atoms with Crippen molar-refractivity contribution in [3.05, 3.63) is 23.6 Å². The van der Waals surface area contributed by atoms with Gasteiger partial charge in [0.1, 0.15) is 0 Å². The van der Waals surface area contributed by atoms with Crippen LogP contribution in [0.1, 0.15) is 5.56 Å². The van der Waals surface area contributed by atoms with E-state index >= 15 is 0 Å². The Bertz CT molecular complexity index is 363. The van der Waals surface area contributed by atoms with Gasteiger partial charge in [-0.15, -0.1) is 0 Å². The number of pyridine rings is 1. The number of alkyl halides is 2. The number of aromatic nitrogens is 1. The van der Waals surface area contributed by atoms with Crippen LogP contribution in [-0.4, -0.2) is 41.3 Å². The summed E-state index contributed by atoms with van der Waals surface area (Å²) < 4.78 is 38.3. The molecule has 0 unspecified atom stereocenters. The van der Waals surface area contributed by atoms with E-state index in [0.29, 0.717) is 0 Å². The lowest BCUT2D eigenvalue weighted by Gasteiger charge is -2.23. The van der Waals surface area contributed by atoms with Crippen molar-refractivity contribution in [3.63, 3.8) is 0 Å². The molecule has 1 aromatic heterocycles. The van der Waals surface area contributed by atoms with Gasteiger partial charge in [0.25, 0.3) is 6.43 Å². The van der Waals surface area contributed by atoms with Gasteiger partial charge in [0.05, 0.1) is 19.8 Å². The van der Waals surface area contributed by atoms with Crippen molar-refractivity contribution in [1.29, 1.82) is 0 Å². The van der Waals surface area contributed by atoms with Gasteiger partial charge in [-0.25, -0.2) is 18.2 Å². The van der Waals surface area contributed by atoms with Crippen molar-refractivity contribution in [2.75, 3.05) is 24.6 Å². The first-order valence-corrected chi connectivity index (χ1v) is 4.98. The van der Waals surface area contributed by atoms with Crippen LogP contribution in [0.15, 0.2) is 12.3 Å². The summed E-state index contributed by atoms with van der Waals surface area (Å²) in [5, 5.41) is 17.6. The second-order valence-corrected chi connectivity index (χ2v) is 3.33. The predicted octanol–water partition coefficient (Wildman–Crippen LogP) is 0.777. The van der Waals surface area contributed by atoms with Gasteiger partial charge in [-0.05, 0) is 6.07 Å². The number of halogens is 3. The van der Waals surface area contributed by atoms with Crippen molar-refractivity contribution in [1.82, 2.24) is 4.98 Å². The topological polar surface area (TPSA) is 56.6 Å². The fourth-order valence-electron chi connectivity index (χ4n) is 1.38. The van der Waals surface area contributed by atoms with E-state index in [4.69, 9.17) is 10.2 Å².